The zero-order valence-corrected chi connectivity index (χ0v) is 14.7. The Labute approximate surface area is 136 Å². The maximum atomic E-state index is 9.37. The average molecular weight is 355 g/mol. The second kappa shape index (κ2) is 8.16. The predicted molar refractivity (Wildman–Crippen MR) is 92.9 cm³/mol. The van der Waals surface area contributed by atoms with Gasteiger partial charge in [-0.15, -0.1) is 0 Å². The van der Waals surface area contributed by atoms with Crippen molar-refractivity contribution in [3.63, 3.8) is 0 Å². The molecular weight excluding hydrogens is 328 g/mol. The van der Waals surface area contributed by atoms with E-state index in [9.17, 15) is 5.11 Å². The van der Waals surface area contributed by atoms with E-state index >= 15 is 0 Å². The second-order valence-corrected chi connectivity index (χ2v) is 6.87. The van der Waals surface area contributed by atoms with Crippen LogP contribution < -0.4 is 10.2 Å². The van der Waals surface area contributed by atoms with E-state index in [1.807, 2.05) is 0 Å². The molecule has 0 radical (unpaired) electrons. The Bertz CT molecular complexity index is 452. The van der Waals surface area contributed by atoms with Crippen LogP contribution in [-0.2, 0) is 0 Å². The zero-order valence-electron chi connectivity index (χ0n) is 13.1. The summed E-state index contributed by atoms with van der Waals surface area (Å²) in [7, 11) is 0. The van der Waals surface area contributed by atoms with Crippen LogP contribution in [0.15, 0.2) is 22.7 Å². The molecule has 2 N–H and O–H groups in total. The molecule has 21 heavy (non-hydrogen) atoms. The molecule has 1 heterocycles. The number of benzene rings is 1. The molecule has 1 saturated heterocycles. The number of nitrogens with zero attached hydrogens (tertiary/aromatic N) is 1. The normalized spacial score (nSPS) is 20.6. The number of anilines is 1. The van der Waals surface area contributed by atoms with Gasteiger partial charge in [0.2, 0.25) is 0 Å². The Morgan fingerprint density at radius 1 is 1.48 bits per heavy atom. The van der Waals surface area contributed by atoms with E-state index in [0.717, 1.165) is 32.5 Å². The summed E-state index contributed by atoms with van der Waals surface area (Å²) in [6, 6.07) is 7.01. The first kappa shape index (κ1) is 16.8. The van der Waals surface area contributed by atoms with Gasteiger partial charge in [0.05, 0.1) is 0 Å². The van der Waals surface area contributed by atoms with Gasteiger partial charge in [0.1, 0.15) is 0 Å². The number of halogens is 1. The quantitative estimate of drug-likeness (QED) is 0.817. The molecule has 0 amide bonds. The van der Waals surface area contributed by atoms with Gasteiger partial charge in [0, 0.05) is 35.9 Å². The standard InChI is InChI=1S/C17H27BrN2O/c1-3-8-19-13(2)16-7-6-15(10-17(16)18)20-9-4-5-14(11-20)12-21/h6-7,10,13-14,19,21H,3-5,8-9,11-12H2,1-2H3. The largest absolute Gasteiger partial charge is 0.396 e. The molecule has 0 bridgehead atoms. The van der Waals surface area contributed by atoms with Crippen molar-refractivity contribution in [1.29, 1.82) is 0 Å². The summed E-state index contributed by atoms with van der Waals surface area (Å²) in [4.78, 5) is 2.39. The van der Waals surface area contributed by atoms with Gasteiger partial charge in [-0.1, -0.05) is 28.9 Å². The molecule has 2 rings (SSSR count). The fraction of sp³-hybridized carbons (Fsp3) is 0.647. The van der Waals surface area contributed by atoms with Crippen molar-refractivity contribution in [2.75, 3.05) is 31.1 Å². The topological polar surface area (TPSA) is 35.5 Å². The Morgan fingerprint density at radius 2 is 2.29 bits per heavy atom. The highest BCUT2D eigenvalue weighted by Gasteiger charge is 2.20. The van der Waals surface area contributed by atoms with Gasteiger partial charge in [-0.3, -0.25) is 0 Å². The molecule has 2 unspecified atom stereocenters. The molecule has 1 aliphatic heterocycles. The Morgan fingerprint density at radius 3 is 2.95 bits per heavy atom. The van der Waals surface area contributed by atoms with Gasteiger partial charge in [0.15, 0.2) is 0 Å². The monoisotopic (exact) mass is 354 g/mol. The molecule has 0 saturated carbocycles. The van der Waals surface area contributed by atoms with Crippen LogP contribution in [0.1, 0.15) is 44.7 Å². The summed E-state index contributed by atoms with van der Waals surface area (Å²) < 4.78 is 1.17. The van der Waals surface area contributed by atoms with Crippen LogP contribution in [-0.4, -0.2) is 31.3 Å². The van der Waals surface area contributed by atoms with Crippen molar-refractivity contribution in [3.05, 3.63) is 28.2 Å². The SMILES string of the molecule is CCCNC(C)c1ccc(N2CCCC(CO)C2)cc1Br. The molecule has 1 aliphatic rings. The third-order valence-corrected chi connectivity index (χ3v) is 4.98. The van der Waals surface area contributed by atoms with E-state index in [1.165, 1.54) is 22.1 Å². The molecular formula is C17H27BrN2O. The molecule has 0 aromatic heterocycles. The van der Waals surface area contributed by atoms with E-state index in [2.05, 4.69) is 58.2 Å². The number of piperidine rings is 1. The van der Waals surface area contributed by atoms with Crippen molar-refractivity contribution in [2.45, 2.75) is 39.2 Å². The highest BCUT2D eigenvalue weighted by Crippen LogP contribution is 2.30. The van der Waals surface area contributed by atoms with Gasteiger partial charge < -0.3 is 15.3 Å². The summed E-state index contributed by atoms with van der Waals surface area (Å²) >= 11 is 3.72. The lowest BCUT2D eigenvalue weighted by Gasteiger charge is -2.34. The predicted octanol–water partition coefficient (Wildman–Crippen LogP) is 3.72. The fourth-order valence-electron chi connectivity index (χ4n) is 2.98. The minimum atomic E-state index is 0.299. The van der Waals surface area contributed by atoms with Crippen molar-refractivity contribution in [3.8, 4) is 0 Å². The van der Waals surface area contributed by atoms with Crippen LogP contribution >= 0.6 is 15.9 Å². The summed E-state index contributed by atoms with van der Waals surface area (Å²) in [5.74, 6) is 0.419. The summed E-state index contributed by atoms with van der Waals surface area (Å²) in [6.45, 7) is 7.79. The Balaban J connectivity index is 2.07. The lowest BCUT2D eigenvalue weighted by molar-refractivity contribution is 0.208. The molecule has 1 aromatic carbocycles. The summed E-state index contributed by atoms with van der Waals surface area (Å²) in [6.07, 6.45) is 3.46. The van der Waals surface area contributed by atoms with E-state index < -0.39 is 0 Å². The maximum Gasteiger partial charge on any atom is 0.0476 e. The van der Waals surface area contributed by atoms with Crippen molar-refractivity contribution in [2.24, 2.45) is 5.92 Å². The Kier molecular flexibility index (Phi) is 6.52. The van der Waals surface area contributed by atoms with Crippen LogP contribution in [0.3, 0.4) is 0 Å². The Hall–Kier alpha value is -0.580. The minimum absolute atomic E-state index is 0.299. The van der Waals surface area contributed by atoms with Gasteiger partial charge in [-0.25, -0.2) is 0 Å². The van der Waals surface area contributed by atoms with Crippen LogP contribution in [0.25, 0.3) is 0 Å². The second-order valence-electron chi connectivity index (χ2n) is 6.02. The molecule has 118 valence electrons. The molecule has 3 nitrogen and oxygen atoms in total. The van der Waals surface area contributed by atoms with Crippen LogP contribution in [0.2, 0.25) is 0 Å². The van der Waals surface area contributed by atoms with Gasteiger partial charge in [-0.05, 0) is 56.3 Å². The number of aliphatic hydroxyl groups excluding tert-OH is 1. The van der Waals surface area contributed by atoms with E-state index in [1.54, 1.807) is 0 Å². The maximum absolute atomic E-state index is 9.37. The van der Waals surface area contributed by atoms with Crippen LogP contribution in [0, 0.1) is 5.92 Å². The van der Waals surface area contributed by atoms with Gasteiger partial charge in [0.25, 0.3) is 0 Å². The lowest BCUT2D eigenvalue weighted by Crippen LogP contribution is -2.36. The third kappa shape index (κ3) is 4.44. The van der Waals surface area contributed by atoms with Crippen LogP contribution in [0.4, 0.5) is 5.69 Å². The molecule has 4 heteroatoms. The van der Waals surface area contributed by atoms with Gasteiger partial charge >= 0.3 is 0 Å². The zero-order chi connectivity index (χ0) is 15.2. The highest BCUT2D eigenvalue weighted by molar-refractivity contribution is 9.10. The fourth-order valence-corrected chi connectivity index (χ4v) is 3.69. The van der Waals surface area contributed by atoms with E-state index in [0.29, 0.717) is 18.6 Å². The average Bonchev–Trinajstić information content (AvgIpc) is 2.52. The first-order chi connectivity index (χ1) is 10.2. The van der Waals surface area contributed by atoms with E-state index in [-0.39, 0.29) is 0 Å². The first-order valence-electron chi connectivity index (χ1n) is 8.04. The molecule has 0 aliphatic carbocycles. The van der Waals surface area contributed by atoms with Gasteiger partial charge in [-0.2, -0.15) is 0 Å². The lowest BCUT2D eigenvalue weighted by atomic mass is 9.98. The number of hydrogen-bond donors (Lipinski definition) is 2. The number of nitrogens with one attached hydrogen (secondary N) is 1. The summed E-state index contributed by atoms with van der Waals surface area (Å²) in [5.41, 5.74) is 2.56. The summed E-state index contributed by atoms with van der Waals surface area (Å²) in [5, 5.41) is 12.9. The van der Waals surface area contributed by atoms with E-state index in [4.69, 9.17) is 0 Å². The van der Waals surface area contributed by atoms with Crippen molar-refractivity contribution >= 4 is 21.6 Å². The number of hydrogen-bond acceptors (Lipinski definition) is 3. The molecule has 1 aromatic rings. The first-order valence-corrected chi connectivity index (χ1v) is 8.83. The number of aliphatic hydroxyl groups is 1. The third-order valence-electron chi connectivity index (χ3n) is 4.29. The smallest absolute Gasteiger partial charge is 0.0476 e. The van der Waals surface area contributed by atoms with Crippen molar-refractivity contribution < 1.29 is 5.11 Å². The number of rotatable bonds is 6. The molecule has 2 atom stereocenters. The molecule has 1 fully saturated rings. The van der Waals surface area contributed by atoms with Crippen molar-refractivity contribution in [1.82, 2.24) is 5.32 Å². The van der Waals surface area contributed by atoms with Crippen LogP contribution in [0.5, 0.6) is 0 Å². The molecule has 0 spiro atoms. The minimum Gasteiger partial charge on any atom is -0.396 e. The highest BCUT2D eigenvalue weighted by atomic mass is 79.9.